The first kappa shape index (κ1) is 21.6. The Labute approximate surface area is 169 Å². The van der Waals surface area contributed by atoms with Crippen molar-refractivity contribution in [2.45, 2.75) is 20.3 Å². The molecule has 29 heavy (non-hydrogen) atoms. The maximum Gasteiger partial charge on any atom is 0.344 e. The van der Waals surface area contributed by atoms with E-state index in [9.17, 15) is 14.4 Å². The van der Waals surface area contributed by atoms with Crippen LogP contribution >= 0.6 is 0 Å². The molecule has 0 bridgehead atoms. The van der Waals surface area contributed by atoms with Crippen LogP contribution in [0.1, 0.15) is 56.9 Å². The van der Waals surface area contributed by atoms with Gasteiger partial charge in [0.25, 0.3) is 11.8 Å². The fourth-order valence-electron chi connectivity index (χ4n) is 2.77. The number of amides is 2. The molecule has 1 aliphatic heterocycles. The first-order valence-corrected chi connectivity index (χ1v) is 9.14. The van der Waals surface area contributed by atoms with E-state index in [0.717, 1.165) is 0 Å². The number of pyridine rings is 1. The minimum absolute atomic E-state index is 0.119. The van der Waals surface area contributed by atoms with E-state index >= 15 is 0 Å². The third-order valence-corrected chi connectivity index (χ3v) is 4.06. The molecule has 2 heterocycles. The quantitative estimate of drug-likeness (QED) is 0.450. The van der Waals surface area contributed by atoms with Crippen molar-refractivity contribution in [2.75, 3.05) is 20.8 Å². The lowest BCUT2D eigenvalue weighted by atomic mass is 10.1. The van der Waals surface area contributed by atoms with Gasteiger partial charge in [0.15, 0.2) is 0 Å². The van der Waals surface area contributed by atoms with Gasteiger partial charge in [-0.25, -0.2) is 9.78 Å². The number of ether oxygens (including phenoxy) is 2. The molecule has 0 atom stereocenters. The van der Waals surface area contributed by atoms with Gasteiger partial charge in [-0.3, -0.25) is 14.5 Å². The number of methoxy groups -OCH3 is 2. The van der Waals surface area contributed by atoms with Gasteiger partial charge in [0.1, 0.15) is 5.56 Å². The van der Waals surface area contributed by atoms with E-state index in [2.05, 4.69) is 16.8 Å². The fourth-order valence-corrected chi connectivity index (χ4v) is 2.77. The zero-order chi connectivity index (χ0) is 21.4. The van der Waals surface area contributed by atoms with Gasteiger partial charge >= 0.3 is 5.97 Å². The van der Waals surface area contributed by atoms with Crippen molar-refractivity contribution in [2.24, 2.45) is 0 Å². The number of carbonyl (C=O) groups is 3. The van der Waals surface area contributed by atoms with Crippen LogP contribution < -0.4 is 4.74 Å². The number of benzene rings is 1. The summed E-state index contributed by atoms with van der Waals surface area (Å²) in [5, 5.41) is 0. The Kier molecular flexibility index (Phi) is 7.49. The van der Waals surface area contributed by atoms with Crippen molar-refractivity contribution in [3.8, 4) is 17.7 Å². The second kappa shape index (κ2) is 10.0. The monoisotopic (exact) mass is 394 g/mol. The average Bonchev–Trinajstić information content (AvgIpc) is 3.02. The van der Waals surface area contributed by atoms with Crippen LogP contribution in [0, 0.1) is 11.8 Å². The fraction of sp³-hybridized carbons (Fsp3) is 0.273. The predicted molar refractivity (Wildman–Crippen MR) is 107 cm³/mol. The molecule has 0 unspecified atom stereocenters. The number of rotatable bonds is 4. The van der Waals surface area contributed by atoms with Crippen molar-refractivity contribution in [1.82, 2.24) is 9.88 Å². The molecule has 2 aromatic rings. The van der Waals surface area contributed by atoms with E-state index in [4.69, 9.17) is 9.47 Å². The predicted octanol–water partition coefficient (Wildman–Crippen LogP) is 2.94. The summed E-state index contributed by atoms with van der Waals surface area (Å²) < 4.78 is 9.83. The maximum absolute atomic E-state index is 12.3. The molecule has 7 nitrogen and oxygen atoms in total. The van der Waals surface area contributed by atoms with Crippen LogP contribution in [-0.4, -0.2) is 48.4 Å². The van der Waals surface area contributed by atoms with Crippen molar-refractivity contribution in [3.05, 3.63) is 58.8 Å². The molecule has 0 fully saturated rings. The molecule has 0 spiro atoms. The molecule has 1 aromatic heterocycles. The molecule has 2 amide bonds. The summed E-state index contributed by atoms with van der Waals surface area (Å²) in [6, 6.07) is 8.28. The van der Waals surface area contributed by atoms with Gasteiger partial charge in [-0.15, -0.1) is 0 Å². The Morgan fingerprint density at radius 1 is 1.07 bits per heavy atom. The minimum atomic E-state index is -0.607. The molecule has 0 radical (unpaired) electrons. The standard InChI is InChI=1S/C20H16N2O5.C2H6/c1-26-17-16(20(25)27-2)13(10-11-21-17)7-5-6-12-22-18(23)14-8-3-4-9-15(14)19(22)24;1-2/h3-4,8-11H,6,12H2,1-2H3;1-2H3. The third kappa shape index (κ3) is 4.43. The van der Waals surface area contributed by atoms with E-state index in [1.165, 1.54) is 25.3 Å². The molecular weight excluding hydrogens is 372 g/mol. The second-order valence-corrected chi connectivity index (χ2v) is 5.59. The summed E-state index contributed by atoms with van der Waals surface area (Å²) in [5.41, 5.74) is 1.34. The smallest absolute Gasteiger partial charge is 0.344 e. The highest BCUT2D eigenvalue weighted by Crippen LogP contribution is 2.22. The van der Waals surface area contributed by atoms with Crippen LogP contribution in [0.3, 0.4) is 0 Å². The zero-order valence-corrected chi connectivity index (χ0v) is 16.8. The van der Waals surface area contributed by atoms with Crippen molar-refractivity contribution in [1.29, 1.82) is 0 Å². The van der Waals surface area contributed by atoms with E-state index in [0.29, 0.717) is 16.7 Å². The van der Waals surface area contributed by atoms with Crippen molar-refractivity contribution in [3.63, 3.8) is 0 Å². The van der Waals surface area contributed by atoms with Gasteiger partial charge in [-0.2, -0.15) is 0 Å². The lowest BCUT2D eigenvalue weighted by Crippen LogP contribution is -2.30. The molecule has 0 aliphatic carbocycles. The summed E-state index contributed by atoms with van der Waals surface area (Å²) in [5.74, 6) is 4.61. The highest BCUT2D eigenvalue weighted by Gasteiger charge is 2.34. The van der Waals surface area contributed by atoms with Crippen LogP contribution in [0.4, 0.5) is 0 Å². The Balaban J connectivity index is 0.00000145. The first-order chi connectivity index (χ1) is 14.1. The molecule has 1 aliphatic rings. The highest BCUT2D eigenvalue weighted by atomic mass is 16.5. The summed E-state index contributed by atoms with van der Waals surface area (Å²) in [7, 11) is 2.66. The molecule has 0 N–H and O–H groups in total. The minimum Gasteiger partial charge on any atom is -0.480 e. The molecule has 0 saturated heterocycles. The largest absolute Gasteiger partial charge is 0.480 e. The number of carbonyl (C=O) groups excluding carboxylic acids is 3. The van der Waals surface area contributed by atoms with E-state index < -0.39 is 5.97 Å². The van der Waals surface area contributed by atoms with Gasteiger partial charge in [0.05, 0.1) is 25.3 Å². The maximum atomic E-state index is 12.3. The van der Waals surface area contributed by atoms with Gasteiger partial charge in [0, 0.05) is 24.7 Å². The Morgan fingerprint density at radius 3 is 2.24 bits per heavy atom. The molecule has 1 aromatic carbocycles. The van der Waals surface area contributed by atoms with Gasteiger partial charge in [-0.05, 0) is 18.2 Å². The Morgan fingerprint density at radius 2 is 1.69 bits per heavy atom. The lowest BCUT2D eigenvalue weighted by molar-refractivity contribution is 0.0593. The summed E-state index contributed by atoms with van der Waals surface area (Å²) in [4.78, 5) is 41.7. The molecule has 150 valence electrons. The number of esters is 1. The number of hydrogen-bond acceptors (Lipinski definition) is 6. The third-order valence-electron chi connectivity index (χ3n) is 4.06. The number of imide groups is 1. The second-order valence-electron chi connectivity index (χ2n) is 5.59. The van der Waals surface area contributed by atoms with Crippen molar-refractivity contribution < 1.29 is 23.9 Å². The topological polar surface area (TPSA) is 85.8 Å². The number of aromatic nitrogens is 1. The zero-order valence-electron chi connectivity index (χ0n) is 16.8. The summed E-state index contributed by atoms with van der Waals surface area (Å²) in [6.45, 7) is 4.16. The van der Waals surface area contributed by atoms with Crippen LogP contribution in [0.5, 0.6) is 5.88 Å². The number of fused-ring (bicyclic) bond motifs is 1. The van der Waals surface area contributed by atoms with Crippen molar-refractivity contribution >= 4 is 17.8 Å². The van der Waals surface area contributed by atoms with Gasteiger partial charge in [-0.1, -0.05) is 37.8 Å². The lowest BCUT2D eigenvalue weighted by Gasteiger charge is -2.11. The molecule has 7 heteroatoms. The van der Waals surface area contributed by atoms with E-state index in [-0.39, 0.29) is 36.2 Å². The molecular formula is C22H22N2O5. The Bertz CT molecular complexity index is 953. The molecule has 3 rings (SSSR count). The van der Waals surface area contributed by atoms with Crippen LogP contribution in [0.2, 0.25) is 0 Å². The summed E-state index contributed by atoms with van der Waals surface area (Å²) in [6.07, 6.45) is 1.73. The van der Waals surface area contributed by atoms with E-state index in [1.807, 2.05) is 13.8 Å². The van der Waals surface area contributed by atoms with Crippen LogP contribution in [0.25, 0.3) is 0 Å². The average molecular weight is 394 g/mol. The summed E-state index contributed by atoms with van der Waals surface area (Å²) >= 11 is 0. The normalized spacial score (nSPS) is 11.7. The Hall–Kier alpha value is -3.66. The highest BCUT2D eigenvalue weighted by molar-refractivity contribution is 6.21. The van der Waals surface area contributed by atoms with E-state index in [1.54, 1.807) is 30.3 Å². The van der Waals surface area contributed by atoms with Gasteiger partial charge in [0.2, 0.25) is 5.88 Å². The number of hydrogen-bond donors (Lipinski definition) is 0. The molecule has 0 saturated carbocycles. The van der Waals surface area contributed by atoms with Crippen LogP contribution in [0.15, 0.2) is 36.5 Å². The number of nitrogens with zero attached hydrogens (tertiary/aromatic N) is 2. The van der Waals surface area contributed by atoms with Crippen LogP contribution in [-0.2, 0) is 4.74 Å². The first-order valence-electron chi connectivity index (χ1n) is 9.14. The van der Waals surface area contributed by atoms with Gasteiger partial charge < -0.3 is 9.47 Å². The SMILES string of the molecule is CC.COC(=O)c1c(C#CCCN2C(=O)c3ccccc3C2=O)ccnc1OC.